The Morgan fingerprint density at radius 3 is 2.70 bits per heavy atom. The monoisotopic (exact) mass is 270 g/mol. The molecule has 104 valence electrons. The molecule has 4 nitrogen and oxygen atoms in total. The van der Waals surface area contributed by atoms with E-state index in [2.05, 4.69) is 5.10 Å². The summed E-state index contributed by atoms with van der Waals surface area (Å²) in [4.78, 5) is 12.2. The molecule has 1 aromatic heterocycles. The van der Waals surface area contributed by atoms with Gasteiger partial charge >= 0.3 is 0 Å². The van der Waals surface area contributed by atoms with Crippen LogP contribution in [-0.2, 0) is 7.05 Å². The van der Waals surface area contributed by atoms with Crippen LogP contribution in [-0.4, -0.2) is 22.7 Å². The third-order valence-electron chi connectivity index (χ3n) is 3.08. The van der Waals surface area contributed by atoms with Gasteiger partial charge in [-0.1, -0.05) is 11.6 Å². The van der Waals surface area contributed by atoms with Gasteiger partial charge in [0.15, 0.2) is 5.78 Å². The van der Waals surface area contributed by atoms with E-state index < -0.39 is 0 Å². The average molecular weight is 270 g/mol. The second-order valence-electron chi connectivity index (χ2n) is 4.74. The molecule has 2 rings (SSSR count). The zero-order chi connectivity index (χ0) is 14.7. The fraction of sp³-hybridized carbons (Fsp3) is 0.250. The van der Waals surface area contributed by atoms with E-state index in [1.54, 1.807) is 37.2 Å². The van der Waals surface area contributed by atoms with Crippen LogP contribution >= 0.6 is 0 Å². The molecule has 0 fully saturated rings. The van der Waals surface area contributed by atoms with Crippen molar-refractivity contribution in [3.05, 3.63) is 52.9 Å². The Balaban J connectivity index is 2.27. The molecule has 2 aromatic rings. The van der Waals surface area contributed by atoms with Crippen molar-refractivity contribution in [3.8, 4) is 5.75 Å². The summed E-state index contributed by atoms with van der Waals surface area (Å²) in [7, 11) is 3.42. The number of carbonyl (C=O) groups excluding carboxylic acids is 1. The molecule has 1 heterocycles. The summed E-state index contributed by atoms with van der Waals surface area (Å²) in [5, 5.41) is 4.17. The first kappa shape index (κ1) is 14.1. The van der Waals surface area contributed by atoms with Crippen molar-refractivity contribution < 1.29 is 9.53 Å². The number of aromatic nitrogens is 2. The van der Waals surface area contributed by atoms with E-state index in [1.807, 2.05) is 32.0 Å². The van der Waals surface area contributed by atoms with Gasteiger partial charge in [0.05, 0.1) is 18.4 Å². The summed E-state index contributed by atoms with van der Waals surface area (Å²) in [5.74, 6) is 0.696. The van der Waals surface area contributed by atoms with Gasteiger partial charge in [-0.15, -0.1) is 0 Å². The van der Waals surface area contributed by atoms with Gasteiger partial charge in [0.2, 0.25) is 0 Å². The van der Waals surface area contributed by atoms with Crippen LogP contribution in [0.1, 0.15) is 27.2 Å². The van der Waals surface area contributed by atoms with Crippen LogP contribution in [0.2, 0.25) is 0 Å². The fourth-order valence-electron chi connectivity index (χ4n) is 2.08. The number of methoxy groups -OCH3 is 1. The highest BCUT2D eigenvalue weighted by atomic mass is 16.5. The molecule has 20 heavy (non-hydrogen) atoms. The van der Waals surface area contributed by atoms with Crippen LogP contribution in [0.4, 0.5) is 0 Å². The van der Waals surface area contributed by atoms with Crippen molar-refractivity contribution in [2.24, 2.45) is 7.05 Å². The number of nitrogens with zero attached hydrogens (tertiary/aromatic N) is 2. The molecule has 0 saturated carbocycles. The molecule has 0 amide bonds. The second kappa shape index (κ2) is 5.74. The van der Waals surface area contributed by atoms with E-state index >= 15 is 0 Å². The summed E-state index contributed by atoms with van der Waals surface area (Å²) >= 11 is 0. The first-order chi connectivity index (χ1) is 9.51. The number of carbonyl (C=O) groups is 1. The number of aryl methyl sites for hydroxylation is 3. The van der Waals surface area contributed by atoms with Crippen LogP contribution in [0.15, 0.2) is 30.5 Å². The Bertz CT molecular complexity index is 669. The topological polar surface area (TPSA) is 44.1 Å². The number of allylic oxidation sites excluding steroid dienone is 1. The first-order valence-electron chi connectivity index (χ1n) is 6.38. The molecular weight excluding hydrogens is 252 g/mol. The Kier molecular flexibility index (Phi) is 4.03. The number of benzene rings is 1. The molecule has 0 aliphatic heterocycles. The van der Waals surface area contributed by atoms with Crippen molar-refractivity contribution >= 4 is 11.9 Å². The van der Waals surface area contributed by atoms with E-state index in [0.717, 1.165) is 22.6 Å². The predicted molar refractivity (Wildman–Crippen MR) is 79.0 cm³/mol. The van der Waals surface area contributed by atoms with Crippen molar-refractivity contribution in [2.45, 2.75) is 13.8 Å². The maximum Gasteiger partial charge on any atom is 0.189 e. The minimum absolute atomic E-state index is 0.0563. The molecule has 0 aliphatic carbocycles. The zero-order valence-electron chi connectivity index (χ0n) is 12.2. The van der Waals surface area contributed by atoms with Crippen LogP contribution in [0.3, 0.4) is 0 Å². The standard InChI is InChI=1S/C16H18N2O2/c1-11-5-8-16(20-4)13(9-11)6-7-15(19)14-10-18(3)17-12(14)2/h5-10H,1-4H3/b7-6-. The second-order valence-corrected chi connectivity index (χ2v) is 4.74. The molecule has 4 heteroatoms. The Morgan fingerprint density at radius 2 is 2.10 bits per heavy atom. The van der Waals surface area contributed by atoms with Crippen molar-refractivity contribution in [1.29, 1.82) is 0 Å². The SMILES string of the molecule is COc1ccc(C)cc1/C=C\C(=O)c1cn(C)nc1C. The summed E-state index contributed by atoms with van der Waals surface area (Å²) in [6.07, 6.45) is 5.07. The van der Waals surface area contributed by atoms with Crippen LogP contribution in [0.5, 0.6) is 5.75 Å². The first-order valence-corrected chi connectivity index (χ1v) is 6.38. The Hall–Kier alpha value is -2.36. The fourth-order valence-corrected chi connectivity index (χ4v) is 2.08. The third-order valence-corrected chi connectivity index (χ3v) is 3.08. The van der Waals surface area contributed by atoms with Gasteiger partial charge in [0, 0.05) is 18.8 Å². The van der Waals surface area contributed by atoms with Crippen molar-refractivity contribution in [3.63, 3.8) is 0 Å². The van der Waals surface area contributed by atoms with Crippen molar-refractivity contribution in [2.75, 3.05) is 7.11 Å². The summed E-state index contributed by atoms with van der Waals surface area (Å²) in [6, 6.07) is 5.86. The van der Waals surface area contributed by atoms with Gasteiger partial charge < -0.3 is 4.74 Å². The molecule has 0 bridgehead atoms. The van der Waals surface area contributed by atoms with E-state index in [0.29, 0.717) is 5.56 Å². The molecule has 0 atom stereocenters. The van der Waals surface area contributed by atoms with Gasteiger partial charge in [-0.2, -0.15) is 5.10 Å². The Labute approximate surface area is 118 Å². The lowest BCUT2D eigenvalue weighted by atomic mass is 10.1. The van der Waals surface area contributed by atoms with E-state index in [4.69, 9.17) is 4.74 Å². The molecule has 0 spiro atoms. The van der Waals surface area contributed by atoms with Gasteiger partial charge in [0.1, 0.15) is 5.75 Å². The molecule has 1 aromatic carbocycles. The predicted octanol–water partition coefficient (Wildman–Crippen LogP) is 2.94. The molecule has 0 saturated heterocycles. The normalized spacial score (nSPS) is 11.0. The number of ketones is 1. The number of hydrogen-bond acceptors (Lipinski definition) is 3. The van der Waals surface area contributed by atoms with E-state index in [9.17, 15) is 4.79 Å². The molecule has 0 N–H and O–H groups in total. The van der Waals surface area contributed by atoms with Gasteiger partial charge in [0.25, 0.3) is 0 Å². The van der Waals surface area contributed by atoms with Crippen LogP contribution in [0.25, 0.3) is 6.08 Å². The summed E-state index contributed by atoms with van der Waals surface area (Å²) < 4.78 is 6.93. The molecule has 0 radical (unpaired) electrons. The number of rotatable bonds is 4. The lowest BCUT2D eigenvalue weighted by molar-refractivity contribution is 0.104. The zero-order valence-corrected chi connectivity index (χ0v) is 12.2. The van der Waals surface area contributed by atoms with Gasteiger partial charge in [-0.05, 0) is 38.1 Å². The summed E-state index contributed by atoms with van der Waals surface area (Å²) in [6.45, 7) is 3.83. The quantitative estimate of drug-likeness (QED) is 0.633. The van der Waals surface area contributed by atoms with Crippen LogP contribution in [0, 0.1) is 13.8 Å². The highest BCUT2D eigenvalue weighted by molar-refractivity contribution is 6.07. The smallest absolute Gasteiger partial charge is 0.189 e. The van der Waals surface area contributed by atoms with Gasteiger partial charge in [-0.25, -0.2) is 0 Å². The largest absolute Gasteiger partial charge is 0.496 e. The van der Waals surface area contributed by atoms with Crippen LogP contribution < -0.4 is 4.74 Å². The highest BCUT2D eigenvalue weighted by Crippen LogP contribution is 2.21. The molecular formula is C16H18N2O2. The minimum Gasteiger partial charge on any atom is -0.496 e. The number of hydrogen-bond donors (Lipinski definition) is 0. The lowest BCUT2D eigenvalue weighted by Crippen LogP contribution is -1.95. The average Bonchev–Trinajstić information content (AvgIpc) is 2.75. The van der Waals surface area contributed by atoms with E-state index in [1.165, 1.54) is 0 Å². The molecule has 0 aliphatic rings. The summed E-state index contributed by atoms with van der Waals surface area (Å²) in [5.41, 5.74) is 3.37. The highest BCUT2D eigenvalue weighted by Gasteiger charge is 2.09. The van der Waals surface area contributed by atoms with E-state index in [-0.39, 0.29) is 5.78 Å². The van der Waals surface area contributed by atoms with Crippen molar-refractivity contribution in [1.82, 2.24) is 9.78 Å². The maximum atomic E-state index is 12.2. The Morgan fingerprint density at radius 1 is 1.35 bits per heavy atom. The lowest BCUT2D eigenvalue weighted by Gasteiger charge is -2.05. The third kappa shape index (κ3) is 2.96. The number of ether oxygens (including phenoxy) is 1. The maximum absolute atomic E-state index is 12.2. The minimum atomic E-state index is -0.0563. The molecule has 0 unspecified atom stereocenters. The van der Waals surface area contributed by atoms with Gasteiger partial charge in [-0.3, -0.25) is 9.48 Å².